The Balaban J connectivity index is 1.63. The van der Waals surface area contributed by atoms with Gasteiger partial charge in [-0.05, 0) is 48.4 Å². The molecule has 0 fully saturated rings. The van der Waals surface area contributed by atoms with Crippen molar-refractivity contribution in [1.29, 1.82) is 0 Å². The molecule has 2 N–H and O–H groups in total. The highest BCUT2D eigenvalue weighted by molar-refractivity contribution is 8.00. The minimum Gasteiger partial charge on any atom is -0.497 e. The number of carbonyl (C=O) groups is 1. The van der Waals surface area contributed by atoms with Crippen molar-refractivity contribution < 1.29 is 14.3 Å². The van der Waals surface area contributed by atoms with Gasteiger partial charge in [-0.3, -0.25) is 4.79 Å². The van der Waals surface area contributed by atoms with Crippen molar-refractivity contribution >= 4 is 23.4 Å². The Morgan fingerprint density at radius 3 is 2.32 bits per heavy atom. The predicted molar refractivity (Wildman–Crippen MR) is 120 cm³/mol. The number of hydrogen-bond donors (Lipinski definition) is 2. The summed E-state index contributed by atoms with van der Waals surface area (Å²) in [6.07, 6.45) is 1.76. The first kappa shape index (κ1) is 21.0. The highest BCUT2D eigenvalue weighted by atomic mass is 32.2. The number of amides is 1. The zero-order chi connectivity index (χ0) is 21.8. The van der Waals surface area contributed by atoms with E-state index in [4.69, 9.17) is 9.47 Å². The van der Waals surface area contributed by atoms with E-state index in [0.717, 1.165) is 35.7 Å². The molecular formula is C22H25N5O3S. The van der Waals surface area contributed by atoms with Gasteiger partial charge in [0.2, 0.25) is 11.1 Å². The molecule has 2 atom stereocenters. The van der Waals surface area contributed by atoms with Gasteiger partial charge in [0, 0.05) is 12.1 Å². The van der Waals surface area contributed by atoms with Gasteiger partial charge in [0.15, 0.2) is 5.82 Å². The summed E-state index contributed by atoms with van der Waals surface area (Å²) in [5.74, 6) is 2.25. The van der Waals surface area contributed by atoms with E-state index in [-0.39, 0.29) is 11.9 Å². The Labute approximate surface area is 185 Å². The Morgan fingerprint density at radius 1 is 1.06 bits per heavy atom. The van der Waals surface area contributed by atoms with Crippen LogP contribution in [0.4, 0.5) is 5.69 Å². The predicted octanol–water partition coefficient (Wildman–Crippen LogP) is 3.65. The lowest BCUT2D eigenvalue weighted by molar-refractivity contribution is -0.116. The number of benzene rings is 2. The maximum absolute atomic E-state index is 13.3. The Hall–Kier alpha value is -3.20. The van der Waals surface area contributed by atoms with Gasteiger partial charge in [-0.2, -0.15) is 0 Å². The van der Waals surface area contributed by atoms with Gasteiger partial charge in [0.05, 0.1) is 20.3 Å². The van der Waals surface area contributed by atoms with Crippen molar-refractivity contribution in [1.82, 2.24) is 14.9 Å². The number of aryl methyl sites for hydroxylation is 1. The molecule has 2 unspecified atom stereocenters. The van der Waals surface area contributed by atoms with E-state index in [0.29, 0.717) is 10.8 Å². The van der Waals surface area contributed by atoms with Gasteiger partial charge in [0.1, 0.15) is 16.7 Å². The summed E-state index contributed by atoms with van der Waals surface area (Å²) in [6, 6.07) is 14.7. The van der Waals surface area contributed by atoms with Gasteiger partial charge < -0.3 is 20.2 Å². The van der Waals surface area contributed by atoms with Crippen LogP contribution in [0.5, 0.6) is 11.5 Å². The van der Waals surface area contributed by atoms with Crippen LogP contribution < -0.4 is 20.2 Å². The van der Waals surface area contributed by atoms with Crippen molar-refractivity contribution in [3.05, 3.63) is 59.9 Å². The average molecular weight is 440 g/mol. The van der Waals surface area contributed by atoms with E-state index in [2.05, 4.69) is 27.9 Å². The van der Waals surface area contributed by atoms with Gasteiger partial charge >= 0.3 is 0 Å². The number of methoxy groups -OCH3 is 2. The first-order chi connectivity index (χ1) is 15.1. The molecule has 1 aromatic heterocycles. The lowest BCUT2D eigenvalue weighted by Gasteiger charge is -2.33. The average Bonchev–Trinajstić information content (AvgIpc) is 3.21. The minimum absolute atomic E-state index is 0.116. The molecule has 2 aromatic carbocycles. The molecule has 1 aliphatic heterocycles. The smallest absolute Gasteiger partial charge is 0.240 e. The van der Waals surface area contributed by atoms with Gasteiger partial charge in [-0.15, -0.1) is 10.2 Å². The molecule has 0 saturated carbocycles. The molecule has 0 bridgehead atoms. The number of nitrogens with one attached hydrogen (secondary N) is 2. The van der Waals surface area contributed by atoms with E-state index < -0.39 is 5.25 Å². The molecule has 162 valence electrons. The van der Waals surface area contributed by atoms with E-state index in [9.17, 15) is 4.79 Å². The number of carbonyl (C=O) groups excluding carboxylic acids is 1. The van der Waals surface area contributed by atoms with Gasteiger partial charge in [0.25, 0.3) is 0 Å². The number of ether oxygens (including phenoxy) is 2. The fourth-order valence-corrected chi connectivity index (χ4v) is 4.53. The molecular weight excluding hydrogens is 414 g/mol. The van der Waals surface area contributed by atoms with Crippen LogP contribution in [-0.2, 0) is 11.2 Å². The maximum Gasteiger partial charge on any atom is 0.240 e. The van der Waals surface area contributed by atoms with Crippen molar-refractivity contribution in [2.45, 2.75) is 36.2 Å². The Kier molecular flexibility index (Phi) is 6.31. The van der Waals surface area contributed by atoms with Crippen LogP contribution >= 0.6 is 11.8 Å². The summed E-state index contributed by atoms with van der Waals surface area (Å²) in [7, 11) is 3.25. The van der Waals surface area contributed by atoms with Crippen molar-refractivity contribution in [2.75, 3.05) is 25.0 Å². The maximum atomic E-state index is 13.3. The van der Waals surface area contributed by atoms with Crippen molar-refractivity contribution in [3.63, 3.8) is 0 Å². The van der Waals surface area contributed by atoms with Crippen LogP contribution in [0.15, 0.2) is 53.7 Å². The quantitative estimate of drug-likeness (QED) is 0.581. The summed E-state index contributed by atoms with van der Waals surface area (Å²) in [5.41, 5.74) is 5.15. The third kappa shape index (κ3) is 4.46. The molecule has 31 heavy (non-hydrogen) atoms. The third-order valence-electron chi connectivity index (χ3n) is 5.07. The first-order valence-corrected chi connectivity index (χ1v) is 11.0. The number of fused-ring (bicyclic) bond motifs is 1. The number of hydrogen-bond acceptors (Lipinski definition) is 7. The van der Waals surface area contributed by atoms with E-state index in [1.54, 1.807) is 14.2 Å². The molecule has 9 heteroatoms. The van der Waals surface area contributed by atoms with E-state index >= 15 is 0 Å². The second-order valence-electron chi connectivity index (χ2n) is 7.12. The number of anilines is 1. The lowest BCUT2D eigenvalue weighted by atomic mass is 10.0. The van der Waals surface area contributed by atoms with Gasteiger partial charge in [-0.25, -0.2) is 4.68 Å². The Bertz CT molecular complexity index is 1040. The molecule has 0 aliphatic carbocycles. The topological polar surface area (TPSA) is 90.3 Å². The second-order valence-corrected chi connectivity index (χ2v) is 8.23. The standard InChI is InChI=1S/C22H25N5O3S/c1-4-5-18-24-25-22-27(18)26-19(14-6-10-16(29-2)11-7-14)20(31-22)21(28)23-15-8-12-17(30-3)13-9-15/h6-13,19-20,26H,4-5H2,1-3H3,(H,23,28). The van der Waals surface area contributed by atoms with Gasteiger partial charge in [-0.1, -0.05) is 30.8 Å². The number of thioether (sulfide) groups is 1. The normalized spacial score (nSPS) is 17.4. The molecule has 0 saturated heterocycles. The molecule has 2 heterocycles. The van der Waals surface area contributed by atoms with Crippen LogP contribution in [0.25, 0.3) is 0 Å². The number of nitrogens with zero attached hydrogens (tertiary/aromatic N) is 3. The number of rotatable bonds is 7. The highest BCUT2D eigenvalue weighted by Gasteiger charge is 2.37. The highest BCUT2D eigenvalue weighted by Crippen LogP contribution is 2.38. The zero-order valence-corrected chi connectivity index (χ0v) is 18.5. The van der Waals surface area contributed by atoms with Crippen LogP contribution in [-0.4, -0.2) is 40.3 Å². The van der Waals surface area contributed by atoms with E-state index in [1.165, 1.54) is 11.8 Å². The SMILES string of the molecule is CCCc1nnc2n1NC(c1ccc(OC)cc1)C(C(=O)Nc1ccc(OC)cc1)S2. The minimum atomic E-state index is -0.443. The summed E-state index contributed by atoms with van der Waals surface area (Å²) in [5, 5.41) is 11.8. The number of aromatic nitrogens is 3. The molecule has 8 nitrogen and oxygen atoms in total. The lowest BCUT2D eigenvalue weighted by Crippen LogP contribution is -2.41. The summed E-state index contributed by atoms with van der Waals surface area (Å²) >= 11 is 1.41. The van der Waals surface area contributed by atoms with Crippen LogP contribution in [0.2, 0.25) is 0 Å². The summed E-state index contributed by atoms with van der Waals surface area (Å²) in [6.45, 7) is 2.10. The molecule has 1 aliphatic rings. The fourth-order valence-electron chi connectivity index (χ4n) is 3.43. The molecule has 3 aromatic rings. The van der Waals surface area contributed by atoms with Crippen LogP contribution in [0.1, 0.15) is 30.8 Å². The second kappa shape index (κ2) is 9.30. The third-order valence-corrected chi connectivity index (χ3v) is 6.28. The fraction of sp³-hybridized carbons (Fsp3) is 0.318. The Morgan fingerprint density at radius 2 is 1.71 bits per heavy atom. The molecule has 0 radical (unpaired) electrons. The largest absolute Gasteiger partial charge is 0.497 e. The monoisotopic (exact) mass is 439 g/mol. The molecule has 1 amide bonds. The first-order valence-electron chi connectivity index (χ1n) is 10.1. The summed E-state index contributed by atoms with van der Waals surface area (Å²) < 4.78 is 12.4. The van der Waals surface area contributed by atoms with Crippen LogP contribution in [0.3, 0.4) is 0 Å². The molecule has 4 rings (SSSR count). The zero-order valence-electron chi connectivity index (χ0n) is 17.7. The summed E-state index contributed by atoms with van der Waals surface area (Å²) in [4.78, 5) is 13.3. The van der Waals surface area contributed by atoms with Crippen LogP contribution in [0, 0.1) is 0 Å². The molecule has 0 spiro atoms. The van der Waals surface area contributed by atoms with E-state index in [1.807, 2.05) is 53.2 Å². The van der Waals surface area contributed by atoms with Crippen molar-refractivity contribution in [3.8, 4) is 11.5 Å². The van der Waals surface area contributed by atoms with Crippen molar-refractivity contribution in [2.24, 2.45) is 0 Å².